The van der Waals surface area contributed by atoms with Crippen LogP contribution < -0.4 is 9.47 Å². The van der Waals surface area contributed by atoms with Crippen LogP contribution in [-0.2, 0) is 27.7 Å². The quantitative estimate of drug-likeness (QED) is 0.540. The van der Waals surface area contributed by atoms with Gasteiger partial charge in [-0.25, -0.2) is 8.42 Å². The van der Waals surface area contributed by atoms with E-state index < -0.39 is 9.84 Å². The van der Waals surface area contributed by atoms with Crippen molar-refractivity contribution in [3.05, 3.63) is 66.5 Å². The van der Waals surface area contributed by atoms with Crippen LogP contribution in [0.1, 0.15) is 17.9 Å². The Morgan fingerprint density at radius 2 is 1.53 bits per heavy atom. The number of rotatable bonds is 8. The van der Waals surface area contributed by atoms with E-state index in [1.807, 2.05) is 0 Å². The van der Waals surface area contributed by atoms with E-state index in [0.717, 1.165) is 0 Å². The molecule has 158 valence electrons. The zero-order chi connectivity index (χ0) is 21.0. The van der Waals surface area contributed by atoms with Crippen molar-refractivity contribution in [3.8, 4) is 11.5 Å². The van der Waals surface area contributed by atoms with E-state index >= 15 is 0 Å². The number of sulfone groups is 1. The van der Waals surface area contributed by atoms with E-state index in [4.69, 9.17) is 18.3 Å². The molecule has 30 heavy (non-hydrogen) atoms. The number of fused-ring (bicyclic) bond motifs is 1. The van der Waals surface area contributed by atoms with Crippen molar-refractivity contribution in [3.63, 3.8) is 0 Å². The summed E-state index contributed by atoms with van der Waals surface area (Å²) in [6.45, 7) is 1.23. The fourth-order valence-electron chi connectivity index (χ4n) is 3.13. The molecule has 1 aliphatic heterocycles. The normalized spacial score (nSPS) is 13.2. The van der Waals surface area contributed by atoms with Crippen LogP contribution in [0.5, 0.6) is 11.5 Å². The molecule has 1 aromatic carbocycles. The topological polar surface area (TPSA) is 99.2 Å². The maximum Gasteiger partial charge on any atom is 0.224 e. The summed E-state index contributed by atoms with van der Waals surface area (Å²) in [6, 6.07) is 11.5. The van der Waals surface area contributed by atoms with Crippen molar-refractivity contribution in [1.29, 1.82) is 0 Å². The number of carbonyl (C=O) groups excluding carboxylic acids is 1. The number of ether oxygens (including phenoxy) is 2. The molecule has 2 aromatic heterocycles. The average molecular weight is 431 g/mol. The lowest BCUT2D eigenvalue weighted by atomic mass is 10.3. The highest BCUT2D eigenvalue weighted by atomic mass is 32.2. The molecule has 0 unspecified atom stereocenters. The molecule has 0 saturated heterocycles. The summed E-state index contributed by atoms with van der Waals surface area (Å²) in [5.41, 5.74) is 0. The molecular formula is C21H21NO7S. The number of benzene rings is 1. The van der Waals surface area contributed by atoms with Crippen molar-refractivity contribution in [2.75, 3.05) is 19.0 Å². The third-order valence-electron chi connectivity index (χ3n) is 4.66. The number of carbonyl (C=O) groups is 1. The van der Waals surface area contributed by atoms with Gasteiger partial charge in [0.15, 0.2) is 21.3 Å². The first-order valence-electron chi connectivity index (χ1n) is 9.46. The van der Waals surface area contributed by atoms with Gasteiger partial charge in [-0.15, -0.1) is 0 Å². The Morgan fingerprint density at radius 1 is 0.900 bits per heavy atom. The van der Waals surface area contributed by atoms with Crippen LogP contribution in [-0.4, -0.2) is 38.2 Å². The zero-order valence-electron chi connectivity index (χ0n) is 16.2. The second-order valence-corrected chi connectivity index (χ2v) is 8.89. The third kappa shape index (κ3) is 4.68. The van der Waals surface area contributed by atoms with E-state index in [9.17, 15) is 13.2 Å². The summed E-state index contributed by atoms with van der Waals surface area (Å²) in [7, 11) is -3.68. The highest BCUT2D eigenvalue weighted by Gasteiger charge is 2.23. The van der Waals surface area contributed by atoms with Gasteiger partial charge in [-0.3, -0.25) is 4.79 Å². The van der Waals surface area contributed by atoms with Gasteiger partial charge >= 0.3 is 0 Å². The summed E-state index contributed by atoms with van der Waals surface area (Å²) in [6.07, 6.45) is 2.88. The molecule has 0 atom stereocenters. The van der Waals surface area contributed by atoms with Gasteiger partial charge in [0.05, 0.1) is 36.3 Å². The molecule has 0 saturated carbocycles. The van der Waals surface area contributed by atoms with Crippen LogP contribution in [0.2, 0.25) is 0 Å². The van der Waals surface area contributed by atoms with E-state index in [0.29, 0.717) is 36.2 Å². The van der Waals surface area contributed by atoms with Crippen molar-refractivity contribution >= 4 is 15.7 Å². The largest absolute Gasteiger partial charge is 0.486 e. The first-order valence-corrected chi connectivity index (χ1v) is 11.1. The minimum atomic E-state index is -3.68. The standard InChI is InChI=1S/C21H21NO7S/c23-21(22(14-16-3-1-8-26-16)15-17-4-2-9-27-17)7-12-30(24,25)18-5-6-19-20(13-18)29-11-10-28-19/h1-6,8-9,13H,7,10-12,14-15H2. The number of furan rings is 2. The van der Waals surface area contributed by atoms with Crippen LogP contribution in [0, 0.1) is 0 Å². The molecule has 0 spiro atoms. The first-order chi connectivity index (χ1) is 14.5. The highest BCUT2D eigenvalue weighted by Crippen LogP contribution is 2.32. The molecule has 0 N–H and O–H groups in total. The lowest BCUT2D eigenvalue weighted by molar-refractivity contribution is -0.132. The summed E-state index contributed by atoms with van der Waals surface area (Å²) in [5.74, 6) is 1.47. The Hall–Kier alpha value is -3.20. The molecule has 1 amide bonds. The van der Waals surface area contributed by atoms with Gasteiger partial charge in [0.25, 0.3) is 0 Å². The summed E-state index contributed by atoms with van der Waals surface area (Å²) in [4.78, 5) is 14.5. The summed E-state index contributed by atoms with van der Waals surface area (Å²) < 4.78 is 47.1. The predicted octanol–water partition coefficient (Wildman–Crippen LogP) is 3.04. The molecule has 9 heteroatoms. The maximum atomic E-state index is 12.8. The molecule has 4 rings (SSSR count). The molecule has 3 aromatic rings. The molecule has 3 heterocycles. The minimum Gasteiger partial charge on any atom is -0.486 e. The molecule has 1 aliphatic rings. The number of nitrogens with zero attached hydrogens (tertiary/aromatic N) is 1. The van der Waals surface area contributed by atoms with E-state index in [-0.39, 0.29) is 36.1 Å². The molecule has 0 radical (unpaired) electrons. The van der Waals surface area contributed by atoms with Gasteiger partial charge < -0.3 is 23.2 Å². The lowest BCUT2D eigenvalue weighted by Crippen LogP contribution is -2.31. The van der Waals surface area contributed by atoms with Crippen molar-refractivity contribution < 1.29 is 31.5 Å². The van der Waals surface area contributed by atoms with Gasteiger partial charge in [-0.2, -0.15) is 0 Å². The Bertz CT molecular complexity index is 1050. The Kier molecular flexibility index (Phi) is 5.80. The van der Waals surface area contributed by atoms with Gasteiger partial charge in [0.2, 0.25) is 5.91 Å². The Labute approximate surface area is 173 Å². The van der Waals surface area contributed by atoms with Crippen LogP contribution in [0.3, 0.4) is 0 Å². The fraction of sp³-hybridized carbons (Fsp3) is 0.286. The monoisotopic (exact) mass is 431 g/mol. The van der Waals surface area contributed by atoms with E-state index in [2.05, 4.69) is 0 Å². The van der Waals surface area contributed by atoms with Crippen molar-refractivity contribution in [2.45, 2.75) is 24.4 Å². The highest BCUT2D eigenvalue weighted by molar-refractivity contribution is 7.91. The summed E-state index contributed by atoms with van der Waals surface area (Å²) >= 11 is 0. The van der Waals surface area contributed by atoms with Crippen LogP contribution >= 0.6 is 0 Å². The molecule has 0 bridgehead atoms. The Balaban J connectivity index is 1.45. The van der Waals surface area contributed by atoms with Gasteiger partial charge in [0, 0.05) is 12.5 Å². The lowest BCUT2D eigenvalue weighted by Gasteiger charge is -2.21. The smallest absolute Gasteiger partial charge is 0.224 e. The zero-order valence-corrected chi connectivity index (χ0v) is 17.0. The second-order valence-electron chi connectivity index (χ2n) is 6.78. The SMILES string of the molecule is O=C(CCS(=O)(=O)c1ccc2c(c1)OCCO2)N(Cc1ccco1)Cc1ccco1. The Morgan fingerprint density at radius 3 is 2.13 bits per heavy atom. The molecular weight excluding hydrogens is 410 g/mol. The number of amides is 1. The second kappa shape index (κ2) is 8.66. The average Bonchev–Trinajstić information content (AvgIpc) is 3.45. The maximum absolute atomic E-state index is 12.8. The number of hydrogen-bond acceptors (Lipinski definition) is 7. The van der Waals surface area contributed by atoms with Gasteiger partial charge in [-0.1, -0.05) is 0 Å². The predicted molar refractivity (Wildman–Crippen MR) is 106 cm³/mol. The number of hydrogen-bond donors (Lipinski definition) is 0. The third-order valence-corrected chi connectivity index (χ3v) is 6.38. The molecule has 8 nitrogen and oxygen atoms in total. The summed E-state index contributed by atoms with van der Waals surface area (Å²) in [5, 5.41) is 0. The van der Waals surface area contributed by atoms with E-state index in [1.165, 1.54) is 29.6 Å². The first kappa shape index (κ1) is 20.1. The van der Waals surface area contributed by atoms with Crippen LogP contribution in [0.15, 0.2) is 68.7 Å². The van der Waals surface area contributed by atoms with E-state index in [1.54, 1.807) is 30.3 Å². The fourth-order valence-corrected chi connectivity index (χ4v) is 4.37. The van der Waals surface area contributed by atoms with Crippen molar-refractivity contribution in [2.24, 2.45) is 0 Å². The van der Waals surface area contributed by atoms with Gasteiger partial charge in [-0.05, 0) is 36.4 Å². The minimum absolute atomic E-state index is 0.100. The molecule has 0 fully saturated rings. The van der Waals surface area contributed by atoms with Crippen LogP contribution in [0.25, 0.3) is 0 Å². The van der Waals surface area contributed by atoms with Crippen molar-refractivity contribution in [1.82, 2.24) is 4.90 Å². The van der Waals surface area contributed by atoms with Crippen LogP contribution in [0.4, 0.5) is 0 Å². The molecule has 0 aliphatic carbocycles. The van der Waals surface area contributed by atoms with Gasteiger partial charge in [0.1, 0.15) is 24.7 Å².